The quantitative estimate of drug-likeness (QED) is 0.503. The summed E-state index contributed by atoms with van der Waals surface area (Å²) in [5.74, 6) is 0.268. The summed E-state index contributed by atoms with van der Waals surface area (Å²) >= 11 is 0. The van der Waals surface area contributed by atoms with Gasteiger partial charge in [0, 0.05) is 37.9 Å². The predicted molar refractivity (Wildman–Crippen MR) is 128 cm³/mol. The second-order valence-electron chi connectivity index (χ2n) is 9.35. The Kier molecular flexibility index (Phi) is 8.83. The van der Waals surface area contributed by atoms with E-state index in [1.165, 1.54) is 25.7 Å². The van der Waals surface area contributed by atoms with Crippen LogP contribution in [0.3, 0.4) is 0 Å². The Morgan fingerprint density at radius 2 is 1.58 bits per heavy atom. The molecule has 1 aromatic carbocycles. The van der Waals surface area contributed by atoms with Crippen molar-refractivity contribution in [3.8, 4) is 5.75 Å². The molecule has 8 nitrogen and oxygen atoms in total. The molecule has 0 atom stereocenters. The van der Waals surface area contributed by atoms with Crippen LogP contribution in [0.15, 0.2) is 24.3 Å². The second kappa shape index (κ2) is 12.2. The van der Waals surface area contributed by atoms with Gasteiger partial charge in [0.25, 0.3) is 0 Å². The molecule has 8 heteroatoms. The number of nitrogens with zero attached hydrogens (tertiary/aromatic N) is 2. The zero-order valence-corrected chi connectivity index (χ0v) is 19.6. The Labute approximate surface area is 197 Å². The van der Waals surface area contributed by atoms with Crippen LogP contribution in [0.25, 0.3) is 0 Å². The monoisotopic (exact) mass is 458 g/mol. The van der Waals surface area contributed by atoms with E-state index >= 15 is 0 Å². The first-order valence-corrected chi connectivity index (χ1v) is 12.6. The maximum atomic E-state index is 12.7. The summed E-state index contributed by atoms with van der Waals surface area (Å²) in [5, 5.41) is 6.38. The Bertz CT molecular complexity index is 750. The van der Waals surface area contributed by atoms with Crippen molar-refractivity contribution in [2.75, 3.05) is 51.2 Å². The van der Waals surface area contributed by atoms with Crippen molar-refractivity contribution in [1.82, 2.24) is 15.1 Å². The third-order valence-electron chi connectivity index (χ3n) is 6.99. The van der Waals surface area contributed by atoms with E-state index in [0.29, 0.717) is 17.5 Å². The molecule has 0 unspecified atom stereocenters. The minimum Gasteiger partial charge on any atom is -0.482 e. The number of carbonyl (C=O) groups excluding carboxylic acids is 2. The molecule has 3 fully saturated rings. The number of urea groups is 1. The molecule has 182 valence electrons. The molecule has 1 saturated carbocycles. The smallest absolute Gasteiger partial charge is 0.344 e. The zero-order valence-electron chi connectivity index (χ0n) is 19.6. The van der Waals surface area contributed by atoms with Crippen molar-refractivity contribution < 1.29 is 19.1 Å². The van der Waals surface area contributed by atoms with Crippen molar-refractivity contribution in [3.63, 3.8) is 0 Å². The number of carbonyl (C=O) groups is 2. The normalized spacial score (nSPS) is 21.3. The van der Waals surface area contributed by atoms with Crippen molar-refractivity contribution >= 4 is 17.7 Å². The summed E-state index contributed by atoms with van der Waals surface area (Å²) in [4.78, 5) is 29.2. The lowest BCUT2D eigenvalue weighted by atomic mass is 10.0. The number of benzene rings is 1. The van der Waals surface area contributed by atoms with Gasteiger partial charge in [-0.1, -0.05) is 12.8 Å². The number of anilines is 1. The van der Waals surface area contributed by atoms with Crippen molar-refractivity contribution in [3.05, 3.63) is 24.3 Å². The fraction of sp³-hybridized carbons (Fsp3) is 0.680. The van der Waals surface area contributed by atoms with Gasteiger partial charge in [0.1, 0.15) is 11.9 Å². The number of hydrogen-bond acceptors (Lipinski definition) is 6. The Hall–Kier alpha value is -2.32. The van der Waals surface area contributed by atoms with Crippen LogP contribution in [0.2, 0.25) is 0 Å². The van der Waals surface area contributed by atoms with Crippen molar-refractivity contribution in [1.29, 1.82) is 0 Å². The average Bonchev–Trinajstić information content (AvgIpc) is 3.13. The van der Waals surface area contributed by atoms with Crippen molar-refractivity contribution in [2.24, 2.45) is 0 Å². The minimum atomic E-state index is -0.317. The molecule has 1 aliphatic carbocycles. The van der Waals surface area contributed by atoms with Gasteiger partial charge in [0.05, 0.1) is 0 Å². The third kappa shape index (κ3) is 7.33. The molecular weight excluding hydrogens is 420 g/mol. The molecule has 0 spiro atoms. The van der Waals surface area contributed by atoms with E-state index < -0.39 is 0 Å². The molecular formula is C25H38N4O4. The standard InChI is InChI=1S/C25H38N4O4/c30-24(33-23-5-3-1-2-4-6-23)19-32-22-9-7-20(8-10-22)27-25(31)29-17-15-28(16-18-29)21-11-13-26-14-12-21/h7-10,21,23,26H,1-6,11-19H2,(H,27,31). The summed E-state index contributed by atoms with van der Waals surface area (Å²) in [5.41, 5.74) is 0.717. The van der Waals surface area contributed by atoms with Gasteiger partial charge >= 0.3 is 12.0 Å². The molecule has 3 aliphatic rings. The molecule has 2 saturated heterocycles. The van der Waals surface area contributed by atoms with Gasteiger partial charge in [-0.25, -0.2) is 9.59 Å². The van der Waals surface area contributed by atoms with Gasteiger partial charge in [0.2, 0.25) is 0 Å². The molecule has 2 heterocycles. The molecule has 2 amide bonds. The lowest BCUT2D eigenvalue weighted by Gasteiger charge is -2.40. The third-order valence-corrected chi connectivity index (χ3v) is 6.99. The fourth-order valence-electron chi connectivity index (χ4n) is 5.02. The van der Waals surface area contributed by atoms with E-state index in [4.69, 9.17) is 9.47 Å². The van der Waals surface area contributed by atoms with Crippen LogP contribution in [0.4, 0.5) is 10.5 Å². The summed E-state index contributed by atoms with van der Waals surface area (Å²) in [7, 11) is 0. The number of piperidine rings is 1. The fourth-order valence-corrected chi connectivity index (χ4v) is 5.02. The number of ether oxygens (including phenoxy) is 2. The summed E-state index contributed by atoms with van der Waals surface area (Å²) in [6, 6.07) is 7.71. The lowest BCUT2D eigenvalue weighted by Crippen LogP contribution is -2.54. The van der Waals surface area contributed by atoms with Crippen LogP contribution in [0.1, 0.15) is 51.4 Å². The summed E-state index contributed by atoms with van der Waals surface area (Å²) < 4.78 is 11.1. The first-order valence-electron chi connectivity index (χ1n) is 12.6. The maximum absolute atomic E-state index is 12.7. The molecule has 33 heavy (non-hydrogen) atoms. The van der Waals surface area contributed by atoms with Gasteiger partial charge < -0.3 is 25.0 Å². The molecule has 1 aromatic rings. The van der Waals surface area contributed by atoms with E-state index in [-0.39, 0.29) is 24.7 Å². The van der Waals surface area contributed by atoms with E-state index in [1.54, 1.807) is 24.3 Å². The van der Waals surface area contributed by atoms with E-state index in [1.807, 2.05) is 4.90 Å². The van der Waals surface area contributed by atoms with E-state index in [9.17, 15) is 9.59 Å². The number of piperazine rings is 1. The average molecular weight is 459 g/mol. The highest BCUT2D eigenvalue weighted by atomic mass is 16.6. The Morgan fingerprint density at radius 1 is 0.909 bits per heavy atom. The molecule has 2 aliphatic heterocycles. The van der Waals surface area contributed by atoms with Crippen LogP contribution in [0.5, 0.6) is 5.75 Å². The van der Waals surface area contributed by atoms with Crippen molar-refractivity contribution in [2.45, 2.75) is 63.5 Å². The Morgan fingerprint density at radius 3 is 2.24 bits per heavy atom. The highest BCUT2D eigenvalue weighted by Crippen LogP contribution is 2.21. The van der Waals surface area contributed by atoms with Crippen LogP contribution in [0, 0.1) is 0 Å². The van der Waals surface area contributed by atoms with Crippen LogP contribution < -0.4 is 15.4 Å². The van der Waals surface area contributed by atoms with Gasteiger partial charge in [-0.3, -0.25) is 4.90 Å². The lowest BCUT2D eigenvalue weighted by molar-refractivity contribution is -0.152. The molecule has 2 N–H and O–H groups in total. The largest absolute Gasteiger partial charge is 0.482 e. The summed E-state index contributed by atoms with van der Waals surface area (Å²) in [6.07, 6.45) is 9.02. The number of nitrogens with one attached hydrogen (secondary N) is 2. The number of hydrogen-bond donors (Lipinski definition) is 2. The van der Waals surface area contributed by atoms with Crippen LogP contribution >= 0.6 is 0 Å². The van der Waals surface area contributed by atoms with Gasteiger partial charge in [-0.05, 0) is 75.9 Å². The molecule has 0 aromatic heterocycles. The highest BCUT2D eigenvalue weighted by molar-refractivity contribution is 5.89. The zero-order chi connectivity index (χ0) is 22.9. The maximum Gasteiger partial charge on any atom is 0.344 e. The van der Waals surface area contributed by atoms with Gasteiger partial charge in [0.15, 0.2) is 6.61 Å². The van der Waals surface area contributed by atoms with Gasteiger partial charge in [-0.2, -0.15) is 0 Å². The second-order valence-corrected chi connectivity index (χ2v) is 9.35. The first-order chi connectivity index (χ1) is 16.2. The Balaban J connectivity index is 1.16. The predicted octanol–water partition coefficient (Wildman–Crippen LogP) is 3.23. The molecule has 0 bridgehead atoms. The SMILES string of the molecule is O=C(COc1ccc(NC(=O)N2CCN(C3CCNCC3)CC2)cc1)OC1CCCCCC1. The first kappa shape index (κ1) is 23.8. The molecule has 4 rings (SSSR count). The highest BCUT2D eigenvalue weighted by Gasteiger charge is 2.27. The van der Waals surface area contributed by atoms with Gasteiger partial charge in [-0.15, -0.1) is 0 Å². The van der Waals surface area contributed by atoms with Crippen LogP contribution in [-0.2, 0) is 9.53 Å². The van der Waals surface area contributed by atoms with Crippen LogP contribution in [-0.4, -0.2) is 79.8 Å². The topological polar surface area (TPSA) is 83.1 Å². The number of amides is 2. The molecule has 0 radical (unpaired) electrons. The van der Waals surface area contributed by atoms with E-state index in [0.717, 1.165) is 65.0 Å². The minimum absolute atomic E-state index is 0.0303. The number of rotatable bonds is 6. The summed E-state index contributed by atoms with van der Waals surface area (Å²) in [6.45, 7) is 5.45. The van der Waals surface area contributed by atoms with E-state index in [2.05, 4.69) is 15.5 Å². The number of esters is 1.